The van der Waals surface area contributed by atoms with Crippen molar-refractivity contribution in [3.63, 3.8) is 0 Å². The van der Waals surface area contributed by atoms with Gasteiger partial charge in [0, 0.05) is 32.4 Å². The summed E-state index contributed by atoms with van der Waals surface area (Å²) < 4.78 is 46.8. The zero-order valence-corrected chi connectivity index (χ0v) is 14.3. The minimum Gasteiger partial charge on any atom is -0.370 e. The quantitative estimate of drug-likeness (QED) is 0.820. The summed E-state index contributed by atoms with van der Waals surface area (Å²) >= 11 is 0. The van der Waals surface area contributed by atoms with Crippen LogP contribution in [0.1, 0.15) is 25.7 Å². The number of halogens is 1. The molecule has 2 saturated heterocycles. The number of pyridine rings is 1. The van der Waals surface area contributed by atoms with Gasteiger partial charge in [-0.25, -0.2) is 17.8 Å². The van der Waals surface area contributed by atoms with Crippen LogP contribution in [0, 0.1) is 5.82 Å². The van der Waals surface area contributed by atoms with Crippen molar-refractivity contribution in [2.75, 3.05) is 37.7 Å². The molecule has 1 aromatic rings. The molecular formula is C16H22FN3O3S. The largest absolute Gasteiger partial charge is 0.370 e. The van der Waals surface area contributed by atoms with Gasteiger partial charge in [0.1, 0.15) is 0 Å². The van der Waals surface area contributed by atoms with E-state index >= 15 is 0 Å². The zero-order valence-electron chi connectivity index (χ0n) is 13.5. The van der Waals surface area contributed by atoms with Crippen molar-refractivity contribution in [2.24, 2.45) is 0 Å². The highest BCUT2D eigenvalue weighted by Crippen LogP contribution is 2.36. The number of ether oxygens (including phenoxy) is 1. The minimum absolute atomic E-state index is 0.208. The monoisotopic (exact) mass is 355 g/mol. The van der Waals surface area contributed by atoms with Crippen LogP contribution in [0.4, 0.5) is 10.2 Å². The van der Waals surface area contributed by atoms with E-state index in [1.165, 1.54) is 6.07 Å². The summed E-state index contributed by atoms with van der Waals surface area (Å²) in [5.41, 5.74) is -0.567. The summed E-state index contributed by atoms with van der Waals surface area (Å²) in [6.07, 6.45) is 4.71. The van der Waals surface area contributed by atoms with Gasteiger partial charge in [0.25, 0.3) is 0 Å². The second kappa shape index (κ2) is 5.93. The molecule has 0 unspecified atom stereocenters. The number of hydrogen-bond acceptors (Lipinski definition) is 5. The molecule has 8 heteroatoms. The van der Waals surface area contributed by atoms with E-state index in [-0.39, 0.29) is 11.1 Å². The first-order valence-electron chi connectivity index (χ1n) is 8.49. The van der Waals surface area contributed by atoms with E-state index in [9.17, 15) is 12.8 Å². The Bertz CT molecular complexity index is 721. The SMILES string of the molecule is O=S(=O)(C1CC1)N1CCO[C@@]2(CCCN(c3ncccc3F)C2)C1. The lowest BCUT2D eigenvalue weighted by molar-refractivity contribution is -0.0951. The summed E-state index contributed by atoms with van der Waals surface area (Å²) in [7, 11) is -3.21. The Morgan fingerprint density at radius 1 is 1.29 bits per heavy atom. The van der Waals surface area contributed by atoms with E-state index in [0.717, 1.165) is 25.7 Å². The maximum Gasteiger partial charge on any atom is 0.217 e. The lowest BCUT2D eigenvalue weighted by Crippen LogP contribution is -2.61. The molecule has 1 spiro atoms. The Balaban J connectivity index is 1.55. The summed E-state index contributed by atoms with van der Waals surface area (Å²) in [6.45, 7) is 2.34. The van der Waals surface area contributed by atoms with Gasteiger partial charge >= 0.3 is 0 Å². The molecule has 2 aliphatic heterocycles. The van der Waals surface area contributed by atoms with Crippen LogP contribution >= 0.6 is 0 Å². The van der Waals surface area contributed by atoms with Crippen LogP contribution in [0.3, 0.4) is 0 Å². The number of hydrogen-bond donors (Lipinski definition) is 0. The van der Waals surface area contributed by atoms with Crippen molar-refractivity contribution in [1.82, 2.24) is 9.29 Å². The van der Waals surface area contributed by atoms with Gasteiger partial charge in [-0.05, 0) is 37.8 Å². The molecule has 3 aliphatic rings. The van der Waals surface area contributed by atoms with E-state index in [1.807, 2.05) is 4.90 Å². The summed E-state index contributed by atoms with van der Waals surface area (Å²) in [4.78, 5) is 6.03. The van der Waals surface area contributed by atoms with Gasteiger partial charge in [-0.15, -0.1) is 0 Å². The Hall–Kier alpha value is -1.25. The van der Waals surface area contributed by atoms with Gasteiger partial charge in [0.2, 0.25) is 10.0 Å². The molecule has 0 amide bonds. The highest BCUT2D eigenvalue weighted by Gasteiger charge is 2.47. The van der Waals surface area contributed by atoms with Crippen LogP contribution in [0.25, 0.3) is 0 Å². The molecule has 3 fully saturated rings. The number of piperidine rings is 1. The number of rotatable bonds is 3. The van der Waals surface area contributed by atoms with Gasteiger partial charge in [0.05, 0.1) is 17.5 Å². The summed E-state index contributed by atoms with van der Waals surface area (Å²) in [6, 6.07) is 2.97. The topological polar surface area (TPSA) is 62.7 Å². The maximum absolute atomic E-state index is 14.1. The van der Waals surface area contributed by atoms with Crippen molar-refractivity contribution in [2.45, 2.75) is 36.5 Å². The van der Waals surface area contributed by atoms with Crippen molar-refractivity contribution in [3.8, 4) is 0 Å². The fourth-order valence-corrected chi connectivity index (χ4v) is 5.64. The molecular weight excluding hydrogens is 333 g/mol. The number of anilines is 1. The fourth-order valence-electron chi connectivity index (χ4n) is 3.74. The standard InChI is InChI=1S/C16H22FN3O3S/c17-14-3-1-7-18-15(14)19-8-2-6-16(11-19)12-20(9-10-23-16)24(21,22)13-4-5-13/h1,3,7,13H,2,4-6,8-12H2/t16-/m1/s1. The van der Waals surface area contributed by atoms with E-state index < -0.39 is 15.6 Å². The Kier molecular flexibility index (Phi) is 4.01. The summed E-state index contributed by atoms with van der Waals surface area (Å²) in [5, 5.41) is -0.208. The highest BCUT2D eigenvalue weighted by molar-refractivity contribution is 7.90. The maximum atomic E-state index is 14.1. The molecule has 0 N–H and O–H groups in total. The van der Waals surface area contributed by atoms with E-state index in [2.05, 4.69) is 4.98 Å². The predicted molar refractivity (Wildman–Crippen MR) is 87.8 cm³/mol. The van der Waals surface area contributed by atoms with Gasteiger partial charge in [-0.1, -0.05) is 0 Å². The molecule has 3 heterocycles. The molecule has 6 nitrogen and oxygen atoms in total. The third kappa shape index (κ3) is 2.91. The molecule has 0 bridgehead atoms. The number of nitrogens with zero attached hydrogens (tertiary/aromatic N) is 3. The van der Waals surface area contributed by atoms with Crippen molar-refractivity contribution < 1.29 is 17.5 Å². The van der Waals surface area contributed by atoms with Crippen LogP contribution in [-0.4, -0.2) is 61.3 Å². The number of morpholine rings is 1. The van der Waals surface area contributed by atoms with E-state index in [0.29, 0.717) is 38.6 Å². The fraction of sp³-hybridized carbons (Fsp3) is 0.688. The smallest absolute Gasteiger partial charge is 0.217 e. The lowest BCUT2D eigenvalue weighted by Gasteiger charge is -2.47. The average molecular weight is 355 g/mol. The van der Waals surface area contributed by atoms with Crippen LogP contribution in [0.2, 0.25) is 0 Å². The number of sulfonamides is 1. The highest BCUT2D eigenvalue weighted by atomic mass is 32.2. The Morgan fingerprint density at radius 2 is 2.12 bits per heavy atom. The molecule has 1 saturated carbocycles. The third-order valence-corrected chi connectivity index (χ3v) is 7.44. The molecule has 1 aliphatic carbocycles. The number of aromatic nitrogens is 1. The zero-order chi connectivity index (χ0) is 16.8. The van der Waals surface area contributed by atoms with Crippen molar-refractivity contribution in [3.05, 3.63) is 24.1 Å². The first-order valence-corrected chi connectivity index (χ1v) is 9.99. The van der Waals surface area contributed by atoms with Gasteiger partial charge in [-0.3, -0.25) is 0 Å². The first-order chi connectivity index (χ1) is 11.5. The van der Waals surface area contributed by atoms with Crippen molar-refractivity contribution in [1.29, 1.82) is 0 Å². The molecule has 132 valence electrons. The second-order valence-electron chi connectivity index (χ2n) is 6.94. The van der Waals surface area contributed by atoms with E-state index in [4.69, 9.17) is 4.74 Å². The Labute approximate surface area is 141 Å². The van der Waals surface area contributed by atoms with Gasteiger partial charge in [-0.2, -0.15) is 4.31 Å². The van der Waals surface area contributed by atoms with Crippen LogP contribution in [0.5, 0.6) is 0 Å². The minimum atomic E-state index is -3.21. The Morgan fingerprint density at radius 3 is 2.88 bits per heavy atom. The van der Waals surface area contributed by atoms with Crippen LogP contribution < -0.4 is 4.90 Å². The molecule has 0 radical (unpaired) electrons. The second-order valence-corrected chi connectivity index (χ2v) is 9.16. The average Bonchev–Trinajstić information content (AvgIpc) is 3.41. The molecule has 1 aromatic heterocycles. The van der Waals surface area contributed by atoms with Crippen LogP contribution in [0.15, 0.2) is 18.3 Å². The third-order valence-electron chi connectivity index (χ3n) is 5.10. The summed E-state index contributed by atoms with van der Waals surface area (Å²) in [5.74, 6) is -0.0323. The van der Waals surface area contributed by atoms with Gasteiger partial charge < -0.3 is 9.64 Å². The molecule has 24 heavy (non-hydrogen) atoms. The molecule has 4 rings (SSSR count). The van der Waals surface area contributed by atoms with E-state index in [1.54, 1.807) is 16.6 Å². The predicted octanol–water partition coefficient (Wildman–Crippen LogP) is 1.38. The van der Waals surface area contributed by atoms with Crippen molar-refractivity contribution >= 4 is 15.8 Å². The molecule has 1 atom stereocenters. The normalized spacial score (nSPS) is 29.1. The molecule has 0 aromatic carbocycles. The lowest BCUT2D eigenvalue weighted by atomic mass is 9.91. The van der Waals surface area contributed by atoms with Crippen LogP contribution in [-0.2, 0) is 14.8 Å². The first kappa shape index (κ1) is 16.2. The van der Waals surface area contributed by atoms with Gasteiger partial charge in [0.15, 0.2) is 11.6 Å².